The maximum absolute atomic E-state index is 12.3. The van der Waals surface area contributed by atoms with Crippen molar-refractivity contribution >= 4 is 29.7 Å². The molecule has 10 heteroatoms. The van der Waals surface area contributed by atoms with Gasteiger partial charge in [-0.25, -0.2) is 14.4 Å². The maximum atomic E-state index is 12.3. The summed E-state index contributed by atoms with van der Waals surface area (Å²) in [5.74, 6) is 0.222. The molecule has 0 saturated carbocycles. The fourth-order valence-corrected chi connectivity index (χ4v) is 3.27. The third-order valence-corrected chi connectivity index (χ3v) is 5.11. The summed E-state index contributed by atoms with van der Waals surface area (Å²) >= 11 is 1.79. The van der Waals surface area contributed by atoms with E-state index in [1.54, 1.807) is 18.0 Å². The van der Waals surface area contributed by atoms with Crippen LogP contribution < -0.4 is 5.32 Å². The van der Waals surface area contributed by atoms with Crippen LogP contribution in [0.25, 0.3) is 0 Å². The van der Waals surface area contributed by atoms with Crippen LogP contribution in [0.4, 0.5) is 4.79 Å². The Bertz CT molecular complexity index is 644. The van der Waals surface area contributed by atoms with Crippen LogP contribution in [0, 0.1) is 0 Å². The van der Waals surface area contributed by atoms with Crippen molar-refractivity contribution < 1.29 is 29.0 Å². The fourth-order valence-electron chi connectivity index (χ4n) is 2.43. The molecule has 0 aliphatic carbocycles. The highest BCUT2D eigenvalue weighted by Gasteiger charge is 2.16. The largest absolute Gasteiger partial charge is 0.478 e. The number of carbonyl (C=O) groups is 3. The number of likely N-dealkylation sites (N-methyl/N-ethyl adjacent to an activating group) is 1. The zero-order chi connectivity index (χ0) is 23.6. The van der Waals surface area contributed by atoms with Gasteiger partial charge in [0.05, 0.1) is 12.0 Å². The molecule has 0 aromatic carbocycles. The number of carboxylic acids is 2. The van der Waals surface area contributed by atoms with Crippen molar-refractivity contribution in [3.05, 3.63) is 36.3 Å². The summed E-state index contributed by atoms with van der Waals surface area (Å²) in [4.78, 5) is 35.6. The number of amides is 2. The van der Waals surface area contributed by atoms with Crippen LogP contribution >= 0.6 is 11.8 Å². The highest BCUT2D eigenvalue weighted by atomic mass is 32.2. The maximum Gasteiger partial charge on any atom is 0.328 e. The highest BCUT2D eigenvalue weighted by molar-refractivity contribution is 7.98. The van der Waals surface area contributed by atoms with Crippen LogP contribution in [0.3, 0.4) is 0 Å². The minimum absolute atomic E-state index is 0.0331. The lowest BCUT2D eigenvalue weighted by molar-refractivity contribution is -0.134. The molecule has 9 nitrogen and oxygen atoms in total. The second-order valence-corrected chi connectivity index (χ2v) is 7.79. The predicted molar refractivity (Wildman–Crippen MR) is 122 cm³/mol. The molecule has 0 saturated heterocycles. The summed E-state index contributed by atoms with van der Waals surface area (Å²) in [5.41, 5.74) is 0. The van der Waals surface area contributed by atoms with Crippen LogP contribution in [0.2, 0.25) is 0 Å². The summed E-state index contributed by atoms with van der Waals surface area (Å²) in [7, 11) is 0. The average Bonchev–Trinajstić information content (AvgIpc) is 3.23. The minimum atomic E-state index is -1.26. The molecule has 0 radical (unpaired) electrons. The lowest BCUT2D eigenvalue weighted by Gasteiger charge is -2.27. The molecule has 0 aliphatic rings. The monoisotopic (exact) mass is 457 g/mol. The number of furan rings is 1. The molecule has 0 aliphatic heterocycles. The van der Waals surface area contributed by atoms with Crippen molar-refractivity contribution in [2.75, 3.05) is 38.5 Å². The predicted octanol–water partition coefficient (Wildman–Crippen LogP) is 2.99. The van der Waals surface area contributed by atoms with Gasteiger partial charge in [0, 0.05) is 43.6 Å². The molecule has 0 bridgehead atoms. The normalized spacial score (nSPS) is 10.8. The topological polar surface area (TPSA) is 123 Å². The van der Waals surface area contributed by atoms with Gasteiger partial charge in [-0.1, -0.05) is 13.8 Å². The van der Waals surface area contributed by atoms with Crippen molar-refractivity contribution in [2.24, 2.45) is 0 Å². The first-order valence-corrected chi connectivity index (χ1v) is 11.4. The van der Waals surface area contributed by atoms with E-state index in [0.29, 0.717) is 18.7 Å². The van der Waals surface area contributed by atoms with E-state index in [2.05, 4.69) is 37.9 Å². The van der Waals surface area contributed by atoms with E-state index in [1.807, 2.05) is 17.0 Å². The Hall–Kier alpha value is -2.46. The van der Waals surface area contributed by atoms with Gasteiger partial charge in [0.1, 0.15) is 5.76 Å². The van der Waals surface area contributed by atoms with Crippen LogP contribution in [0.1, 0.15) is 33.5 Å². The number of nitrogens with zero attached hydrogens (tertiary/aromatic N) is 2. The van der Waals surface area contributed by atoms with Crippen molar-refractivity contribution in [1.29, 1.82) is 0 Å². The van der Waals surface area contributed by atoms with E-state index >= 15 is 0 Å². The molecule has 1 rings (SSSR count). The molecule has 1 heterocycles. The number of carboxylic acid groups (broad SMARTS) is 2. The minimum Gasteiger partial charge on any atom is -0.478 e. The molecule has 1 aromatic heterocycles. The van der Waals surface area contributed by atoms with Gasteiger partial charge < -0.3 is 29.7 Å². The van der Waals surface area contributed by atoms with Gasteiger partial charge in [0.15, 0.2) is 0 Å². The Balaban J connectivity index is 0.000000954. The first-order valence-electron chi connectivity index (χ1n) is 10.2. The molecule has 0 atom stereocenters. The smallest absolute Gasteiger partial charge is 0.328 e. The molecule has 3 N–H and O–H groups in total. The Kier molecular flexibility index (Phi) is 15.9. The average molecular weight is 458 g/mol. The van der Waals surface area contributed by atoms with Gasteiger partial charge >= 0.3 is 18.0 Å². The van der Waals surface area contributed by atoms with Crippen molar-refractivity contribution in [1.82, 2.24) is 15.1 Å². The summed E-state index contributed by atoms with van der Waals surface area (Å²) in [6, 6.07) is 4.12. The zero-order valence-corrected chi connectivity index (χ0v) is 19.6. The molecule has 0 spiro atoms. The lowest BCUT2D eigenvalue weighted by Crippen LogP contribution is -2.47. The van der Waals surface area contributed by atoms with Crippen molar-refractivity contribution in [3.63, 3.8) is 0 Å². The molecule has 0 fully saturated rings. The second-order valence-electron chi connectivity index (χ2n) is 6.69. The Morgan fingerprint density at radius 2 is 1.74 bits per heavy atom. The number of hydrogen-bond acceptors (Lipinski definition) is 6. The SMILES string of the molecule is CCN(CC)CCNC(=O)N(CCSCc1ccco1)C(C)C.O=C(O)C=CC(=O)O. The fraction of sp³-hybridized carbons (Fsp3) is 0.571. The molecule has 31 heavy (non-hydrogen) atoms. The van der Waals surface area contributed by atoms with Gasteiger partial charge in [0.2, 0.25) is 0 Å². The number of thioether (sulfide) groups is 1. The number of hydrogen-bond donors (Lipinski definition) is 3. The van der Waals surface area contributed by atoms with Crippen LogP contribution in [-0.2, 0) is 15.3 Å². The number of rotatable bonds is 13. The zero-order valence-electron chi connectivity index (χ0n) is 18.7. The van der Waals surface area contributed by atoms with Crippen LogP contribution in [-0.4, -0.2) is 82.5 Å². The molecule has 0 unspecified atom stereocenters. The molecular formula is C21H35N3O6S. The summed E-state index contributed by atoms with van der Waals surface area (Å²) < 4.78 is 5.31. The molecular weight excluding hydrogens is 422 g/mol. The Morgan fingerprint density at radius 3 is 2.19 bits per heavy atom. The standard InChI is InChI=1S/C17H31N3O2S.C4H4O4/c1-5-19(6-2)10-9-18-17(21)20(15(3)4)11-13-23-14-16-8-7-12-22-16;5-3(6)1-2-4(7)8/h7-8,12,15H,5-6,9-11,13-14H2,1-4H3,(H,18,21);1-2H,(H,5,6)(H,7,8). The van der Waals surface area contributed by atoms with E-state index < -0.39 is 11.9 Å². The van der Waals surface area contributed by atoms with E-state index in [1.165, 1.54) is 0 Å². The van der Waals surface area contributed by atoms with Gasteiger partial charge in [-0.15, -0.1) is 0 Å². The summed E-state index contributed by atoms with van der Waals surface area (Å²) in [5, 5.41) is 18.7. The van der Waals surface area contributed by atoms with E-state index in [0.717, 1.165) is 43.4 Å². The number of nitrogens with one attached hydrogen (secondary N) is 1. The van der Waals surface area contributed by atoms with Crippen LogP contribution in [0.15, 0.2) is 35.0 Å². The van der Waals surface area contributed by atoms with Gasteiger partial charge in [-0.3, -0.25) is 0 Å². The van der Waals surface area contributed by atoms with E-state index in [4.69, 9.17) is 14.6 Å². The quantitative estimate of drug-likeness (QED) is 0.305. The van der Waals surface area contributed by atoms with Gasteiger partial charge in [0.25, 0.3) is 0 Å². The molecule has 176 valence electrons. The summed E-state index contributed by atoms with van der Waals surface area (Å²) in [6.45, 7) is 12.8. The van der Waals surface area contributed by atoms with Crippen molar-refractivity contribution in [2.45, 2.75) is 39.5 Å². The first kappa shape index (κ1) is 28.5. The second kappa shape index (κ2) is 17.2. The molecule has 1 aromatic rings. The third-order valence-electron chi connectivity index (χ3n) is 4.15. The number of urea groups is 1. The summed E-state index contributed by atoms with van der Waals surface area (Å²) in [6.07, 6.45) is 2.81. The van der Waals surface area contributed by atoms with Crippen LogP contribution in [0.5, 0.6) is 0 Å². The van der Waals surface area contributed by atoms with Gasteiger partial charge in [-0.2, -0.15) is 11.8 Å². The van der Waals surface area contributed by atoms with Gasteiger partial charge in [-0.05, 0) is 39.1 Å². The lowest BCUT2D eigenvalue weighted by atomic mass is 10.3. The highest BCUT2D eigenvalue weighted by Crippen LogP contribution is 2.13. The van der Waals surface area contributed by atoms with E-state index in [-0.39, 0.29) is 12.1 Å². The van der Waals surface area contributed by atoms with Crippen molar-refractivity contribution in [3.8, 4) is 0 Å². The third kappa shape index (κ3) is 15.1. The Labute approximate surface area is 188 Å². The number of aliphatic carboxylic acids is 2. The number of carbonyl (C=O) groups excluding carboxylic acids is 1. The van der Waals surface area contributed by atoms with E-state index in [9.17, 15) is 14.4 Å². The first-order chi connectivity index (χ1) is 14.7. The molecule has 2 amide bonds. The Morgan fingerprint density at radius 1 is 1.13 bits per heavy atom.